The van der Waals surface area contributed by atoms with Crippen molar-refractivity contribution in [1.82, 2.24) is 10.2 Å². The molecule has 0 bridgehead atoms. The van der Waals surface area contributed by atoms with E-state index < -0.39 is 11.6 Å². The molecule has 6 nitrogen and oxygen atoms in total. The van der Waals surface area contributed by atoms with Crippen molar-refractivity contribution in [2.24, 2.45) is 0 Å². The normalized spacial score (nSPS) is 19.9. The van der Waals surface area contributed by atoms with Crippen LogP contribution >= 0.6 is 0 Å². The van der Waals surface area contributed by atoms with Crippen molar-refractivity contribution < 1.29 is 19.1 Å². The summed E-state index contributed by atoms with van der Waals surface area (Å²) >= 11 is 0. The maximum absolute atomic E-state index is 12.8. The number of ether oxygens (including phenoxy) is 2. The van der Waals surface area contributed by atoms with Gasteiger partial charge >= 0.3 is 6.09 Å². The van der Waals surface area contributed by atoms with Crippen LogP contribution in [-0.2, 0) is 14.3 Å². The summed E-state index contributed by atoms with van der Waals surface area (Å²) in [7, 11) is 4.74. The third-order valence-corrected chi connectivity index (χ3v) is 4.26. The first kappa shape index (κ1) is 19.0. The van der Waals surface area contributed by atoms with Crippen LogP contribution in [0.25, 0.3) is 5.57 Å². The van der Waals surface area contributed by atoms with Gasteiger partial charge in [-0.3, -0.25) is 4.79 Å². The number of nitrogens with one attached hydrogen (secondary N) is 1. The van der Waals surface area contributed by atoms with E-state index in [0.29, 0.717) is 11.3 Å². The number of hydrogen-bond acceptors (Lipinski definition) is 4. The van der Waals surface area contributed by atoms with Gasteiger partial charge in [0.15, 0.2) is 5.76 Å². The van der Waals surface area contributed by atoms with Gasteiger partial charge in [0.25, 0.3) is 5.91 Å². The Kier molecular flexibility index (Phi) is 5.23. The molecule has 0 aliphatic carbocycles. The minimum atomic E-state index is -0.906. The summed E-state index contributed by atoms with van der Waals surface area (Å²) in [5.74, 6) is 0.0317. The molecule has 0 aromatic heterocycles. The predicted molar refractivity (Wildman–Crippen MR) is 96.2 cm³/mol. The minimum absolute atomic E-state index is 0.197. The molecule has 1 N–H and O–H groups in total. The fourth-order valence-corrected chi connectivity index (χ4v) is 3.28. The van der Waals surface area contributed by atoms with Gasteiger partial charge in [-0.1, -0.05) is 17.7 Å². The lowest BCUT2D eigenvalue weighted by atomic mass is 9.91. The first-order valence-electron chi connectivity index (χ1n) is 8.14. The van der Waals surface area contributed by atoms with Crippen LogP contribution in [0, 0.1) is 20.8 Å². The van der Waals surface area contributed by atoms with E-state index in [0.717, 1.165) is 22.3 Å². The topological polar surface area (TPSA) is 67.9 Å². The number of carbonyl (C=O) groups excluding carboxylic acids is 2. The molecular formula is C19H26N2O4. The summed E-state index contributed by atoms with van der Waals surface area (Å²) in [5.41, 5.74) is 3.32. The van der Waals surface area contributed by atoms with Crippen LogP contribution < -0.4 is 5.32 Å². The number of amides is 2. The second-order valence-electron chi connectivity index (χ2n) is 6.96. The fraction of sp³-hybridized carbons (Fsp3) is 0.474. The molecule has 1 aliphatic rings. The van der Waals surface area contributed by atoms with Crippen LogP contribution in [0.15, 0.2) is 17.9 Å². The molecule has 1 aliphatic heterocycles. The number of rotatable bonds is 4. The maximum Gasteiger partial charge on any atom is 0.414 e. The Balaban J connectivity index is 2.70. The van der Waals surface area contributed by atoms with Gasteiger partial charge in [0, 0.05) is 21.2 Å². The summed E-state index contributed by atoms with van der Waals surface area (Å²) in [5, 5.41) is 2.91. The van der Waals surface area contributed by atoms with Crippen molar-refractivity contribution in [1.29, 1.82) is 0 Å². The van der Waals surface area contributed by atoms with Crippen LogP contribution in [0.3, 0.4) is 0 Å². The quantitative estimate of drug-likeness (QED) is 0.910. The molecule has 0 saturated heterocycles. The van der Waals surface area contributed by atoms with Gasteiger partial charge < -0.3 is 19.7 Å². The van der Waals surface area contributed by atoms with Crippen LogP contribution in [0.2, 0.25) is 0 Å². The summed E-state index contributed by atoms with van der Waals surface area (Å²) < 4.78 is 10.9. The Morgan fingerprint density at radius 2 is 1.76 bits per heavy atom. The Labute approximate surface area is 148 Å². The fourth-order valence-electron chi connectivity index (χ4n) is 3.28. The largest absolute Gasteiger partial charge is 0.414 e. The van der Waals surface area contributed by atoms with Gasteiger partial charge in [0.05, 0.1) is 12.2 Å². The molecule has 2 rings (SSSR count). The van der Waals surface area contributed by atoms with Crippen molar-refractivity contribution in [3.05, 3.63) is 40.1 Å². The van der Waals surface area contributed by atoms with Crippen LogP contribution in [0.5, 0.6) is 0 Å². The third kappa shape index (κ3) is 3.54. The van der Waals surface area contributed by atoms with E-state index in [1.165, 1.54) is 4.90 Å². The average molecular weight is 346 g/mol. The van der Waals surface area contributed by atoms with E-state index in [4.69, 9.17) is 9.47 Å². The number of carbonyl (C=O) groups is 2. The van der Waals surface area contributed by atoms with Gasteiger partial charge in [-0.15, -0.1) is 0 Å². The summed E-state index contributed by atoms with van der Waals surface area (Å²) in [6.45, 7) is 7.90. The second-order valence-corrected chi connectivity index (χ2v) is 6.96. The van der Waals surface area contributed by atoms with Crippen molar-refractivity contribution >= 4 is 17.6 Å². The number of nitrogens with zero attached hydrogens (tertiary/aromatic N) is 1. The van der Waals surface area contributed by atoms with Crippen LogP contribution in [0.1, 0.15) is 29.2 Å². The molecule has 0 radical (unpaired) electrons. The highest BCUT2D eigenvalue weighted by Crippen LogP contribution is 2.37. The van der Waals surface area contributed by atoms with E-state index in [-0.39, 0.29) is 12.5 Å². The zero-order chi connectivity index (χ0) is 18.9. The Morgan fingerprint density at radius 3 is 2.24 bits per heavy atom. The van der Waals surface area contributed by atoms with Gasteiger partial charge in [-0.05, 0) is 44.4 Å². The van der Waals surface area contributed by atoms with Crippen LogP contribution in [-0.4, -0.2) is 50.3 Å². The molecule has 25 heavy (non-hydrogen) atoms. The first-order chi connectivity index (χ1) is 11.6. The highest BCUT2D eigenvalue weighted by molar-refractivity contribution is 6.24. The molecule has 1 heterocycles. The maximum atomic E-state index is 12.8. The van der Waals surface area contributed by atoms with E-state index in [1.54, 1.807) is 28.1 Å². The van der Waals surface area contributed by atoms with E-state index in [1.807, 2.05) is 32.9 Å². The van der Waals surface area contributed by atoms with Gasteiger partial charge in [0.2, 0.25) is 0 Å². The van der Waals surface area contributed by atoms with Gasteiger partial charge in [0.1, 0.15) is 5.54 Å². The SMILES string of the molecule is COCC1(C)NC(=O)C(c2c(C)cc(C)cc2C)=C1OC(=O)N(C)C. The molecule has 2 amide bonds. The second kappa shape index (κ2) is 6.88. The monoisotopic (exact) mass is 346 g/mol. The number of benzene rings is 1. The minimum Gasteiger partial charge on any atom is -0.411 e. The summed E-state index contributed by atoms with van der Waals surface area (Å²) in [6.07, 6.45) is -0.534. The molecule has 1 atom stereocenters. The van der Waals surface area contributed by atoms with Crippen LogP contribution in [0.4, 0.5) is 4.79 Å². The standard InChI is InChI=1S/C19H26N2O4/c1-11-8-12(2)14(13(3)9-11)15-16(25-18(23)21(5)6)19(4,10-24-7)20-17(15)22/h8-9H,10H2,1-7H3,(H,20,22). The zero-order valence-corrected chi connectivity index (χ0v) is 15.9. The zero-order valence-electron chi connectivity index (χ0n) is 15.9. The lowest BCUT2D eigenvalue weighted by Gasteiger charge is -2.27. The van der Waals surface area contributed by atoms with Crippen molar-refractivity contribution in [2.75, 3.05) is 27.8 Å². The highest BCUT2D eigenvalue weighted by Gasteiger charge is 2.45. The summed E-state index contributed by atoms with van der Waals surface area (Å²) in [6, 6.07) is 4.03. The lowest BCUT2D eigenvalue weighted by Crippen LogP contribution is -2.46. The van der Waals surface area contributed by atoms with Crippen molar-refractivity contribution in [3.8, 4) is 0 Å². The number of aryl methyl sites for hydroxylation is 3. The Bertz CT molecular complexity index is 729. The van der Waals surface area contributed by atoms with Gasteiger partial charge in [-0.2, -0.15) is 0 Å². The Morgan fingerprint density at radius 1 is 1.20 bits per heavy atom. The predicted octanol–water partition coefficient (Wildman–Crippen LogP) is 2.56. The lowest BCUT2D eigenvalue weighted by molar-refractivity contribution is -0.116. The first-order valence-corrected chi connectivity index (χ1v) is 8.14. The molecule has 136 valence electrons. The number of methoxy groups -OCH3 is 1. The smallest absolute Gasteiger partial charge is 0.411 e. The molecule has 6 heteroatoms. The van der Waals surface area contributed by atoms with E-state index in [9.17, 15) is 9.59 Å². The molecule has 1 aromatic rings. The Hall–Kier alpha value is -2.34. The number of hydrogen-bond donors (Lipinski definition) is 1. The van der Waals surface area contributed by atoms with E-state index >= 15 is 0 Å². The van der Waals surface area contributed by atoms with E-state index in [2.05, 4.69) is 5.32 Å². The summed E-state index contributed by atoms with van der Waals surface area (Å²) in [4.78, 5) is 26.3. The molecule has 1 unspecified atom stereocenters. The molecule has 0 saturated carbocycles. The van der Waals surface area contributed by atoms with Crippen molar-refractivity contribution in [3.63, 3.8) is 0 Å². The highest BCUT2D eigenvalue weighted by atomic mass is 16.6. The molecular weight excluding hydrogens is 320 g/mol. The van der Waals surface area contributed by atoms with Gasteiger partial charge in [-0.25, -0.2) is 4.79 Å². The molecule has 1 aromatic carbocycles. The van der Waals surface area contributed by atoms with Crippen molar-refractivity contribution in [2.45, 2.75) is 33.2 Å². The third-order valence-electron chi connectivity index (χ3n) is 4.26. The molecule has 0 spiro atoms. The molecule has 0 fully saturated rings. The average Bonchev–Trinajstić information content (AvgIpc) is 2.70.